The fourth-order valence-electron chi connectivity index (χ4n) is 3.94. The van der Waals surface area contributed by atoms with Crippen molar-refractivity contribution in [3.8, 4) is 33.5 Å². The SMILES string of the molecule is Cc1ccccc1-c1cc(-c2cc(-c3ccccc3)cc[n+]2C)c(C)cc1C. The quantitative estimate of drug-likeness (QED) is 0.368. The fraction of sp³-hybridized carbons (Fsp3) is 0.148. The summed E-state index contributed by atoms with van der Waals surface area (Å²) < 4.78 is 2.21. The zero-order valence-electron chi connectivity index (χ0n) is 17.0. The minimum atomic E-state index is 1.23. The van der Waals surface area contributed by atoms with E-state index in [-0.39, 0.29) is 0 Å². The summed E-state index contributed by atoms with van der Waals surface area (Å²) in [7, 11) is 2.12. The standard InChI is InChI=1S/C27H26N/c1-19-10-8-9-13-24(19)25-18-26(21(3)16-20(25)2)27-17-23(14-15-28(27)4)22-11-6-5-7-12-22/h5-18H,1-4H3/q+1. The normalized spacial score (nSPS) is 10.9. The van der Waals surface area contributed by atoms with Crippen LogP contribution < -0.4 is 4.57 Å². The minimum Gasteiger partial charge on any atom is -0.201 e. The van der Waals surface area contributed by atoms with Crippen molar-refractivity contribution in [2.45, 2.75) is 20.8 Å². The van der Waals surface area contributed by atoms with Crippen molar-refractivity contribution in [1.82, 2.24) is 0 Å². The molecule has 0 aliphatic heterocycles. The number of benzene rings is 3. The van der Waals surface area contributed by atoms with Gasteiger partial charge in [-0.05, 0) is 65.8 Å². The third kappa shape index (κ3) is 3.36. The lowest BCUT2D eigenvalue weighted by atomic mass is 9.91. The highest BCUT2D eigenvalue weighted by atomic mass is 14.9. The number of hydrogen-bond donors (Lipinski definition) is 0. The highest BCUT2D eigenvalue weighted by Gasteiger charge is 2.17. The van der Waals surface area contributed by atoms with Gasteiger partial charge in [-0.2, -0.15) is 0 Å². The van der Waals surface area contributed by atoms with Gasteiger partial charge < -0.3 is 0 Å². The van der Waals surface area contributed by atoms with Crippen LogP contribution >= 0.6 is 0 Å². The van der Waals surface area contributed by atoms with Gasteiger partial charge in [0.1, 0.15) is 7.05 Å². The summed E-state index contributed by atoms with van der Waals surface area (Å²) >= 11 is 0. The van der Waals surface area contributed by atoms with Crippen LogP contribution in [-0.4, -0.2) is 0 Å². The molecule has 0 N–H and O–H groups in total. The fourth-order valence-corrected chi connectivity index (χ4v) is 3.94. The first-order valence-corrected chi connectivity index (χ1v) is 9.77. The Morgan fingerprint density at radius 2 is 1.21 bits per heavy atom. The molecule has 4 rings (SSSR count). The molecular formula is C27H26N+. The molecule has 0 spiro atoms. The van der Waals surface area contributed by atoms with Crippen molar-refractivity contribution in [1.29, 1.82) is 0 Å². The summed E-state index contributed by atoms with van der Waals surface area (Å²) in [5.41, 5.74) is 11.5. The Hall–Kier alpha value is -3.19. The van der Waals surface area contributed by atoms with E-state index in [0.29, 0.717) is 0 Å². The van der Waals surface area contributed by atoms with E-state index in [1.807, 2.05) is 0 Å². The first kappa shape index (κ1) is 18.2. The van der Waals surface area contributed by atoms with Crippen molar-refractivity contribution < 1.29 is 4.57 Å². The molecule has 1 heterocycles. The third-order valence-corrected chi connectivity index (χ3v) is 5.54. The lowest BCUT2D eigenvalue weighted by Crippen LogP contribution is -2.30. The average Bonchev–Trinajstić information content (AvgIpc) is 2.70. The Morgan fingerprint density at radius 3 is 1.96 bits per heavy atom. The van der Waals surface area contributed by atoms with E-state index in [0.717, 1.165) is 0 Å². The van der Waals surface area contributed by atoms with Crippen LogP contribution in [0.25, 0.3) is 33.5 Å². The molecule has 0 fully saturated rings. The maximum Gasteiger partial charge on any atom is 0.213 e. The molecule has 0 atom stereocenters. The van der Waals surface area contributed by atoms with Crippen LogP contribution in [0.15, 0.2) is 85.1 Å². The van der Waals surface area contributed by atoms with Gasteiger partial charge in [-0.25, -0.2) is 4.57 Å². The predicted octanol–water partition coefficient (Wildman–Crippen LogP) is 6.44. The number of aryl methyl sites for hydroxylation is 4. The molecule has 1 nitrogen and oxygen atoms in total. The van der Waals surface area contributed by atoms with Crippen LogP contribution in [0, 0.1) is 20.8 Å². The predicted molar refractivity (Wildman–Crippen MR) is 118 cm³/mol. The maximum atomic E-state index is 2.36. The largest absolute Gasteiger partial charge is 0.213 e. The summed E-state index contributed by atoms with van der Waals surface area (Å²) in [5.74, 6) is 0. The molecule has 1 heteroatoms. The van der Waals surface area contributed by atoms with Gasteiger partial charge in [0.2, 0.25) is 5.69 Å². The number of nitrogens with zero attached hydrogens (tertiary/aromatic N) is 1. The van der Waals surface area contributed by atoms with E-state index in [9.17, 15) is 0 Å². The molecule has 4 aromatic rings. The minimum absolute atomic E-state index is 1.23. The lowest BCUT2D eigenvalue weighted by molar-refractivity contribution is -0.660. The summed E-state index contributed by atoms with van der Waals surface area (Å²) in [6.07, 6.45) is 2.16. The number of hydrogen-bond acceptors (Lipinski definition) is 0. The molecule has 0 bridgehead atoms. The average molecular weight is 365 g/mol. The second-order valence-corrected chi connectivity index (χ2v) is 7.57. The van der Waals surface area contributed by atoms with Gasteiger partial charge in [-0.15, -0.1) is 0 Å². The Labute approximate surface area is 167 Å². The molecule has 138 valence electrons. The molecule has 0 saturated carbocycles. The number of aromatic nitrogens is 1. The van der Waals surface area contributed by atoms with Crippen molar-refractivity contribution in [2.75, 3.05) is 0 Å². The van der Waals surface area contributed by atoms with Gasteiger partial charge in [-0.3, -0.25) is 0 Å². The molecule has 0 aliphatic carbocycles. The molecule has 0 saturated heterocycles. The maximum absolute atomic E-state index is 2.36. The van der Waals surface area contributed by atoms with Crippen LogP contribution in [0.5, 0.6) is 0 Å². The van der Waals surface area contributed by atoms with Gasteiger partial charge in [-0.1, -0.05) is 60.7 Å². The summed E-state index contributed by atoms with van der Waals surface area (Å²) in [6, 6.07) is 28.4. The topological polar surface area (TPSA) is 3.88 Å². The molecular weight excluding hydrogens is 338 g/mol. The Balaban J connectivity index is 1.90. The Bertz CT molecular complexity index is 1140. The molecule has 28 heavy (non-hydrogen) atoms. The summed E-state index contributed by atoms with van der Waals surface area (Å²) in [4.78, 5) is 0. The zero-order valence-corrected chi connectivity index (χ0v) is 17.0. The molecule has 0 aliphatic rings. The second kappa shape index (κ2) is 7.44. The van der Waals surface area contributed by atoms with Gasteiger partial charge >= 0.3 is 0 Å². The van der Waals surface area contributed by atoms with E-state index in [2.05, 4.69) is 117 Å². The van der Waals surface area contributed by atoms with Gasteiger partial charge in [0, 0.05) is 17.7 Å². The van der Waals surface area contributed by atoms with Crippen LogP contribution in [0.1, 0.15) is 16.7 Å². The number of rotatable bonds is 3. The smallest absolute Gasteiger partial charge is 0.201 e. The molecule has 0 amide bonds. The highest BCUT2D eigenvalue weighted by molar-refractivity contribution is 5.78. The monoisotopic (exact) mass is 364 g/mol. The van der Waals surface area contributed by atoms with E-state index in [1.54, 1.807) is 0 Å². The zero-order chi connectivity index (χ0) is 19.7. The summed E-state index contributed by atoms with van der Waals surface area (Å²) in [6.45, 7) is 6.60. The van der Waals surface area contributed by atoms with Gasteiger partial charge in [0.25, 0.3) is 0 Å². The third-order valence-electron chi connectivity index (χ3n) is 5.54. The van der Waals surface area contributed by atoms with Crippen molar-refractivity contribution >= 4 is 0 Å². The van der Waals surface area contributed by atoms with Crippen molar-refractivity contribution in [3.63, 3.8) is 0 Å². The Kier molecular flexibility index (Phi) is 4.83. The van der Waals surface area contributed by atoms with Gasteiger partial charge in [0.15, 0.2) is 6.20 Å². The van der Waals surface area contributed by atoms with Crippen LogP contribution in [-0.2, 0) is 7.05 Å². The van der Waals surface area contributed by atoms with Crippen molar-refractivity contribution in [2.24, 2.45) is 7.05 Å². The molecule has 0 unspecified atom stereocenters. The van der Waals surface area contributed by atoms with E-state index < -0.39 is 0 Å². The van der Waals surface area contributed by atoms with Gasteiger partial charge in [0.05, 0.1) is 0 Å². The van der Waals surface area contributed by atoms with E-state index >= 15 is 0 Å². The van der Waals surface area contributed by atoms with Crippen molar-refractivity contribution in [3.05, 3.63) is 102 Å². The molecule has 3 aromatic carbocycles. The lowest BCUT2D eigenvalue weighted by Gasteiger charge is -2.14. The molecule has 0 radical (unpaired) electrons. The molecule has 1 aromatic heterocycles. The van der Waals surface area contributed by atoms with Crippen LogP contribution in [0.2, 0.25) is 0 Å². The Morgan fingerprint density at radius 1 is 0.536 bits per heavy atom. The highest BCUT2D eigenvalue weighted by Crippen LogP contribution is 2.33. The number of pyridine rings is 1. The van der Waals surface area contributed by atoms with Crippen LogP contribution in [0.4, 0.5) is 0 Å². The van der Waals surface area contributed by atoms with E-state index in [4.69, 9.17) is 0 Å². The second-order valence-electron chi connectivity index (χ2n) is 7.57. The van der Waals surface area contributed by atoms with E-state index in [1.165, 1.54) is 50.2 Å². The summed E-state index contributed by atoms with van der Waals surface area (Å²) in [5, 5.41) is 0. The van der Waals surface area contributed by atoms with Crippen LogP contribution in [0.3, 0.4) is 0 Å². The first-order valence-electron chi connectivity index (χ1n) is 9.77. The first-order chi connectivity index (χ1) is 13.5.